The largest absolute Gasteiger partial charge is 0.310 e. The van der Waals surface area contributed by atoms with Crippen LogP contribution in [0.25, 0.3) is 90.1 Å². The summed E-state index contributed by atoms with van der Waals surface area (Å²) in [6.07, 6.45) is 0. The van der Waals surface area contributed by atoms with Crippen LogP contribution in [0.15, 0.2) is 206 Å². The highest BCUT2D eigenvalue weighted by atomic mass is 32.1. The lowest BCUT2D eigenvalue weighted by molar-refractivity contribution is 1.18. The number of benzene rings is 9. The molecule has 2 nitrogen and oxygen atoms in total. The van der Waals surface area contributed by atoms with Gasteiger partial charge in [0, 0.05) is 79.2 Å². The highest BCUT2D eigenvalue weighted by Crippen LogP contribution is 2.47. The maximum Gasteiger partial charge on any atom is 0.0562 e. The molecule has 0 radical (unpaired) electrons. The summed E-state index contributed by atoms with van der Waals surface area (Å²) in [6.45, 7) is 0. The summed E-state index contributed by atoms with van der Waals surface area (Å²) in [4.78, 5) is 2.46. The van der Waals surface area contributed by atoms with Crippen LogP contribution in [0.1, 0.15) is 0 Å². The Morgan fingerprint density at radius 3 is 1.79 bits per heavy atom. The van der Waals surface area contributed by atoms with Crippen molar-refractivity contribution in [2.75, 3.05) is 4.90 Å². The van der Waals surface area contributed by atoms with Gasteiger partial charge in [-0.2, -0.15) is 0 Å². The van der Waals surface area contributed by atoms with Crippen LogP contribution in [0.2, 0.25) is 0 Å². The molecule has 272 valence electrons. The van der Waals surface area contributed by atoms with Gasteiger partial charge in [0.15, 0.2) is 0 Å². The third-order valence-corrected chi connectivity index (χ3v) is 14.0. The van der Waals surface area contributed by atoms with Gasteiger partial charge in [-0.1, -0.05) is 146 Å². The summed E-state index contributed by atoms with van der Waals surface area (Å²) in [6, 6.07) is 75.7. The average molecular weight is 775 g/mol. The van der Waals surface area contributed by atoms with Crippen molar-refractivity contribution in [1.29, 1.82) is 0 Å². The molecule has 12 rings (SSSR count). The van der Waals surface area contributed by atoms with E-state index in [0.717, 1.165) is 17.1 Å². The van der Waals surface area contributed by atoms with E-state index in [1.165, 1.54) is 90.1 Å². The molecule has 0 atom stereocenters. The lowest BCUT2D eigenvalue weighted by Gasteiger charge is -2.28. The first-order chi connectivity index (χ1) is 28.8. The van der Waals surface area contributed by atoms with Crippen LogP contribution in [0.3, 0.4) is 0 Å². The first kappa shape index (κ1) is 33.2. The zero-order valence-electron chi connectivity index (χ0n) is 31.3. The summed E-state index contributed by atoms with van der Waals surface area (Å²) in [5, 5.41) is 7.65. The minimum Gasteiger partial charge on any atom is -0.310 e. The van der Waals surface area contributed by atoms with Crippen LogP contribution in [0, 0.1) is 0 Å². The van der Waals surface area contributed by atoms with E-state index in [9.17, 15) is 0 Å². The smallest absolute Gasteiger partial charge is 0.0562 e. The molecule has 3 aromatic heterocycles. The zero-order chi connectivity index (χ0) is 38.2. The normalized spacial score (nSPS) is 11.8. The van der Waals surface area contributed by atoms with Crippen LogP contribution in [-0.2, 0) is 0 Å². The molecule has 0 bridgehead atoms. The van der Waals surface area contributed by atoms with Crippen LogP contribution < -0.4 is 4.90 Å². The lowest BCUT2D eigenvalue weighted by atomic mass is 10.0. The molecular weight excluding hydrogens is 741 g/mol. The Morgan fingerprint density at radius 1 is 0.345 bits per heavy atom. The highest BCUT2D eigenvalue weighted by molar-refractivity contribution is 7.26. The molecule has 58 heavy (non-hydrogen) atoms. The van der Waals surface area contributed by atoms with E-state index in [1.807, 2.05) is 22.7 Å². The first-order valence-corrected chi connectivity index (χ1v) is 21.3. The van der Waals surface area contributed by atoms with E-state index in [4.69, 9.17) is 0 Å². The van der Waals surface area contributed by atoms with Gasteiger partial charge in [0.2, 0.25) is 0 Å². The molecule has 0 saturated carbocycles. The fourth-order valence-corrected chi connectivity index (χ4v) is 11.3. The van der Waals surface area contributed by atoms with Crippen LogP contribution >= 0.6 is 22.7 Å². The molecule has 0 aliphatic carbocycles. The van der Waals surface area contributed by atoms with Gasteiger partial charge in [-0.3, -0.25) is 0 Å². The minimum absolute atomic E-state index is 1.10. The van der Waals surface area contributed by atoms with Crippen molar-refractivity contribution in [3.63, 3.8) is 0 Å². The summed E-state index contributed by atoms with van der Waals surface area (Å²) in [5.74, 6) is 0. The molecule has 4 heteroatoms. The van der Waals surface area contributed by atoms with Crippen molar-refractivity contribution in [2.45, 2.75) is 0 Å². The number of aromatic nitrogens is 1. The molecule has 0 aliphatic rings. The van der Waals surface area contributed by atoms with Crippen LogP contribution in [0.4, 0.5) is 17.1 Å². The van der Waals surface area contributed by atoms with Gasteiger partial charge in [-0.25, -0.2) is 0 Å². The topological polar surface area (TPSA) is 8.17 Å². The maximum absolute atomic E-state index is 2.49. The van der Waals surface area contributed by atoms with Crippen molar-refractivity contribution in [3.8, 4) is 27.9 Å². The molecule has 0 N–H and O–H groups in total. The molecule has 9 aromatic carbocycles. The van der Waals surface area contributed by atoms with Crippen molar-refractivity contribution < 1.29 is 0 Å². The predicted molar refractivity (Wildman–Crippen MR) is 252 cm³/mol. The molecule has 0 aliphatic heterocycles. The second-order valence-corrected chi connectivity index (χ2v) is 17.0. The number of thiophene rings is 2. The van der Waals surface area contributed by atoms with Gasteiger partial charge in [0.1, 0.15) is 0 Å². The van der Waals surface area contributed by atoms with E-state index in [1.54, 1.807) is 0 Å². The molecule has 0 amide bonds. The third kappa shape index (κ3) is 5.16. The molecule has 0 saturated heterocycles. The summed E-state index contributed by atoms with van der Waals surface area (Å²) >= 11 is 3.74. The van der Waals surface area contributed by atoms with Crippen molar-refractivity contribution in [2.24, 2.45) is 0 Å². The van der Waals surface area contributed by atoms with Gasteiger partial charge < -0.3 is 9.47 Å². The number of fused-ring (bicyclic) bond motifs is 9. The van der Waals surface area contributed by atoms with Crippen molar-refractivity contribution >= 4 is 102 Å². The predicted octanol–water partition coefficient (Wildman–Crippen LogP) is 16.3. The zero-order valence-corrected chi connectivity index (χ0v) is 33.0. The second-order valence-electron chi connectivity index (χ2n) is 14.8. The summed E-state index contributed by atoms with van der Waals surface area (Å²) < 4.78 is 7.72. The molecule has 3 heterocycles. The number of hydrogen-bond acceptors (Lipinski definition) is 3. The Morgan fingerprint density at radius 2 is 0.931 bits per heavy atom. The van der Waals surface area contributed by atoms with E-state index in [0.29, 0.717) is 0 Å². The first-order valence-electron chi connectivity index (χ1n) is 19.7. The fourth-order valence-electron chi connectivity index (χ4n) is 9.02. The Kier molecular flexibility index (Phi) is 7.62. The SMILES string of the molecule is c1ccc(-c2ccccc2N(c2ccc3sc4ccccc4c3c2)c2ccc3c4ccccc4n(-c4ccccc4-c4cccc5c4sc4ccccc45)c3c2)cc1. The second kappa shape index (κ2) is 13.3. The van der Waals surface area contributed by atoms with Gasteiger partial charge in [0.05, 0.1) is 22.4 Å². The monoisotopic (exact) mass is 774 g/mol. The Balaban J connectivity index is 1.13. The standard InChI is InChI=1S/C54H34N2S2/c1-2-15-35(16-3-1)38-17-4-9-24-47(38)55(36-30-32-53-46(33-36)43-21-8-12-27-51(43)57-53)37-29-31-41-39-18-5-10-25-48(39)56(50(41)34-37)49-26-11-6-19-40(49)44-22-14-23-45-42-20-7-13-28-52(42)58-54(44)45/h1-34H. The molecule has 12 aromatic rings. The molecule has 0 fully saturated rings. The van der Waals surface area contributed by atoms with Crippen LogP contribution in [-0.4, -0.2) is 4.57 Å². The molecule has 0 unspecified atom stereocenters. The van der Waals surface area contributed by atoms with Gasteiger partial charge in [-0.15, -0.1) is 22.7 Å². The van der Waals surface area contributed by atoms with Crippen LogP contribution in [0.5, 0.6) is 0 Å². The van der Waals surface area contributed by atoms with Gasteiger partial charge in [-0.05, 0) is 66.2 Å². The number of hydrogen-bond donors (Lipinski definition) is 0. The fraction of sp³-hybridized carbons (Fsp3) is 0. The molecule has 0 spiro atoms. The average Bonchev–Trinajstić information content (AvgIpc) is 3.96. The van der Waals surface area contributed by atoms with Crippen molar-refractivity contribution in [3.05, 3.63) is 206 Å². The highest BCUT2D eigenvalue weighted by Gasteiger charge is 2.22. The number of rotatable bonds is 6. The summed E-state index contributed by atoms with van der Waals surface area (Å²) in [7, 11) is 0. The van der Waals surface area contributed by atoms with E-state index >= 15 is 0 Å². The Bertz CT molecular complexity index is 3530. The number of para-hydroxylation sites is 3. The van der Waals surface area contributed by atoms with Gasteiger partial charge >= 0.3 is 0 Å². The Hall–Kier alpha value is -6.98. The van der Waals surface area contributed by atoms with E-state index < -0.39 is 0 Å². The maximum atomic E-state index is 2.49. The van der Waals surface area contributed by atoms with Gasteiger partial charge in [0.25, 0.3) is 0 Å². The third-order valence-electron chi connectivity index (χ3n) is 11.6. The lowest BCUT2D eigenvalue weighted by Crippen LogP contribution is -2.11. The number of anilines is 3. The molecular formula is C54H34N2S2. The Labute approximate surface area is 343 Å². The number of nitrogens with zero attached hydrogens (tertiary/aromatic N) is 2. The van der Waals surface area contributed by atoms with Crippen molar-refractivity contribution in [1.82, 2.24) is 4.57 Å². The van der Waals surface area contributed by atoms with E-state index in [2.05, 4.69) is 216 Å². The minimum atomic E-state index is 1.10. The van der Waals surface area contributed by atoms with E-state index in [-0.39, 0.29) is 0 Å². The summed E-state index contributed by atoms with van der Waals surface area (Å²) in [5.41, 5.74) is 11.7. The quantitative estimate of drug-likeness (QED) is 0.163.